The highest BCUT2D eigenvalue weighted by Crippen LogP contribution is 2.29. The first-order chi connectivity index (χ1) is 11.2. The lowest BCUT2D eigenvalue weighted by atomic mass is 9.93. The molecule has 3 N–H and O–H groups in total. The zero-order valence-electron chi connectivity index (χ0n) is 12.8. The van der Waals surface area contributed by atoms with Crippen molar-refractivity contribution in [3.63, 3.8) is 0 Å². The average Bonchev–Trinajstić information content (AvgIpc) is 2.60. The first kappa shape index (κ1) is 15.4. The number of urea groups is 1. The second kappa shape index (κ2) is 6.71. The van der Waals surface area contributed by atoms with E-state index in [1.807, 2.05) is 24.3 Å². The molecule has 5 heteroatoms. The number of aliphatic hydroxyl groups is 1. The van der Waals surface area contributed by atoms with Gasteiger partial charge in [0.15, 0.2) is 0 Å². The molecule has 120 valence electrons. The molecule has 23 heavy (non-hydrogen) atoms. The molecule has 3 rings (SSSR count). The van der Waals surface area contributed by atoms with Crippen molar-refractivity contribution in [3.8, 4) is 5.75 Å². The van der Waals surface area contributed by atoms with Gasteiger partial charge < -0.3 is 20.4 Å². The number of nitrogens with one attached hydrogen (secondary N) is 1. The molecule has 1 aliphatic heterocycles. The smallest absolute Gasteiger partial charge is 0.318 e. The van der Waals surface area contributed by atoms with Gasteiger partial charge in [-0.1, -0.05) is 36.4 Å². The van der Waals surface area contributed by atoms with Crippen LogP contribution in [0.4, 0.5) is 4.79 Å². The summed E-state index contributed by atoms with van der Waals surface area (Å²) in [6, 6.07) is 14.2. The minimum atomic E-state index is -0.306. The number of amides is 2. The van der Waals surface area contributed by atoms with E-state index in [4.69, 9.17) is 0 Å². The molecule has 5 nitrogen and oxygen atoms in total. The maximum Gasteiger partial charge on any atom is 0.318 e. The van der Waals surface area contributed by atoms with Crippen LogP contribution in [-0.4, -0.2) is 34.3 Å². The van der Waals surface area contributed by atoms with Gasteiger partial charge in [0.05, 0.1) is 12.6 Å². The number of hydrogen-bond donors (Lipinski definition) is 3. The Bertz CT molecular complexity index is 685. The summed E-state index contributed by atoms with van der Waals surface area (Å²) in [4.78, 5) is 14.2. The molecule has 0 radical (unpaired) electrons. The third-order valence-corrected chi connectivity index (χ3v) is 4.23. The number of carbonyl (C=O) groups is 1. The molecule has 0 aromatic heterocycles. The molecule has 1 atom stereocenters. The molecule has 0 aliphatic carbocycles. The highest BCUT2D eigenvalue weighted by molar-refractivity contribution is 5.75. The van der Waals surface area contributed by atoms with Gasteiger partial charge in [0.1, 0.15) is 5.75 Å². The van der Waals surface area contributed by atoms with E-state index < -0.39 is 0 Å². The van der Waals surface area contributed by atoms with Crippen molar-refractivity contribution >= 4 is 6.03 Å². The number of nitrogens with zero attached hydrogens (tertiary/aromatic N) is 1. The minimum absolute atomic E-state index is 0.0936. The number of phenols is 1. The molecule has 0 spiro atoms. The quantitative estimate of drug-likeness (QED) is 0.813. The number of hydrogen-bond acceptors (Lipinski definition) is 3. The van der Waals surface area contributed by atoms with Crippen molar-refractivity contribution in [2.45, 2.75) is 19.0 Å². The Morgan fingerprint density at radius 2 is 1.91 bits per heavy atom. The Kier molecular flexibility index (Phi) is 4.48. The number of benzene rings is 2. The van der Waals surface area contributed by atoms with Gasteiger partial charge in [-0.25, -0.2) is 4.79 Å². The molecule has 0 saturated carbocycles. The third kappa shape index (κ3) is 3.29. The summed E-state index contributed by atoms with van der Waals surface area (Å²) in [5.74, 6) is 0.202. The lowest BCUT2D eigenvalue weighted by Crippen LogP contribution is -2.46. The van der Waals surface area contributed by atoms with Gasteiger partial charge in [-0.05, 0) is 35.2 Å². The van der Waals surface area contributed by atoms with E-state index in [0.29, 0.717) is 13.1 Å². The van der Waals surface area contributed by atoms with Crippen LogP contribution in [0.5, 0.6) is 5.75 Å². The van der Waals surface area contributed by atoms with E-state index in [1.54, 1.807) is 29.2 Å². The highest BCUT2D eigenvalue weighted by Gasteiger charge is 2.29. The Hall–Kier alpha value is -2.53. The predicted molar refractivity (Wildman–Crippen MR) is 87.0 cm³/mol. The van der Waals surface area contributed by atoms with Crippen LogP contribution < -0.4 is 5.32 Å². The van der Waals surface area contributed by atoms with Gasteiger partial charge in [0, 0.05) is 13.1 Å². The maximum atomic E-state index is 12.5. The first-order valence-corrected chi connectivity index (χ1v) is 7.70. The standard InChI is InChI=1S/C18H20N2O3/c21-12-17-16-4-2-1-3-14(16)9-10-20(17)18(23)19-11-13-5-7-15(22)8-6-13/h1-8,17,21-22H,9-12H2,(H,19,23). The second-order valence-corrected chi connectivity index (χ2v) is 5.67. The van der Waals surface area contributed by atoms with E-state index in [9.17, 15) is 15.0 Å². The van der Waals surface area contributed by atoms with Gasteiger partial charge in [-0.15, -0.1) is 0 Å². The number of carbonyl (C=O) groups excluding carboxylic acids is 1. The van der Waals surface area contributed by atoms with Crippen LogP contribution in [0.2, 0.25) is 0 Å². The van der Waals surface area contributed by atoms with Gasteiger partial charge in [0.25, 0.3) is 0 Å². The van der Waals surface area contributed by atoms with Crippen molar-refractivity contribution in [3.05, 3.63) is 65.2 Å². The zero-order valence-corrected chi connectivity index (χ0v) is 12.8. The van der Waals surface area contributed by atoms with E-state index in [2.05, 4.69) is 5.32 Å². The number of rotatable bonds is 3. The normalized spacial score (nSPS) is 16.7. The van der Waals surface area contributed by atoms with Crippen LogP contribution in [0, 0.1) is 0 Å². The molecule has 0 fully saturated rings. The summed E-state index contributed by atoms with van der Waals surface area (Å²) in [6.45, 7) is 0.878. The van der Waals surface area contributed by atoms with Crippen LogP contribution in [0.25, 0.3) is 0 Å². The van der Waals surface area contributed by atoms with Gasteiger partial charge in [-0.2, -0.15) is 0 Å². The van der Waals surface area contributed by atoms with E-state index in [-0.39, 0.29) is 24.4 Å². The fraction of sp³-hybridized carbons (Fsp3) is 0.278. The summed E-state index contributed by atoms with van der Waals surface area (Å²) < 4.78 is 0. The van der Waals surface area contributed by atoms with Crippen molar-refractivity contribution < 1.29 is 15.0 Å². The van der Waals surface area contributed by atoms with Gasteiger partial charge in [-0.3, -0.25) is 0 Å². The third-order valence-electron chi connectivity index (χ3n) is 4.23. The SMILES string of the molecule is O=C(NCc1ccc(O)cc1)N1CCc2ccccc2C1CO. The van der Waals surface area contributed by atoms with E-state index >= 15 is 0 Å². The molecular formula is C18H20N2O3. The number of phenolic OH excluding ortho intramolecular Hbond substituents is 1. The molecule has 2 aromatic carbocycles. The number of fused-ring (bicyclic) bond motifs is 1. The molecule has 0 bridgehead atoms. The topological polar surface area (TPSA) is 72.8 Å². The van der Waals surface area contributed by atoms with E-state index in [1.165, 1.54) is 5.56 Å². The Labute approximate surface area is 135 Å². The largest absolute Gasteiger partial charge is 0.508 e. The van der Waals surface area contributed by atoms with Crippen LogP contribution in [0.1, 0.15) is 22.7 Å². The van der Waals surface area contributed by atoms with Gasteiger partial charge in [0.2, 0.25) is 0 Å². The van der Waals surface area contributed by atoms with Crippen LogP contribution >= 0.6 is 0 Å². The predicted octanol–water partition coefficient (Wildman–Crippen LogP) is 2.19. The summed E-state index contributed by atoms with van der Waals surface area (Å²) in [5.41, 5.74) is 3.12. The first-order valence-electron chi connectivity index (χ1n) is 7.70. The Balaban J connectivity index is 1.68. The van der Waals surface area contributed by atoms with Gasteiger partial charge >= 0.3 is 6.03 Å². The molecule has 2 aromatic rings. The molecular weight excluding hydrogens is 292 g/mol. The van der Waals surface area contributed by atoms with Crippen LogP contribution in [0.15, 0.2) is 48.5 Å². The highest BCUT2D eigenvalue weighted by atomic mass is 16.3. The molecule has 2 amide bonds. The maximum absolute atomic E-state index is 12.5. The molecule has 1 aliphatic rings. The number of aromatic hydroxyl groups is 1. The minimum Gasteiger partial charge on any atom is -0.508 e. The summed E-state index contributed by atoms with van der Waals surface area (Å²) in [7, 11) is 0. The summed E-state index contributed by atoms with van der Waals surface area (Å²) in [5, 5.41) is 21.9. The fourth-order valence-electron chi connectivity index (χ4n) is 2.98. The molecule has 1 heterocycles. The summed E-state index contributed by atoms with van der Waals surface area (Å²) in [6.07, 6.45) is 0.791. The van der Waals surface area contributed by atoms with Crippen molar-refractivity contribution in [2.24, 2.45) is 0 Å². The molecule has 0 saturated heterocycles. The lowest BCUT2D eigenvalue weighted by Gasteiger charge is -2.36. The van der Waals surface area contributed by atoms with Crippen molar-refractivity contribution in [1.82, 2.24) is 10.2 Å². The fourth-order valence-corrected chi connectivity index (χ4v) is 2.98. The zero-order chi connectivity index (χ0) is 16.2. The molecule has 1 unspecified atom stereocenters. The van der Waals surface area contributed by atoms with Crippen molar-refractivity contribution in [2.75, 3.05) is 13.2 Å². The summed E-state index contributed by atoms with van der Waals surface area (Å²) >= 11 is 0. The Morgan fingerprint density at radius 3 is 2.65 bits per heavy atom. The van der Waals surface area contributed by atoms with Crippen LogP contribution in [0.3, 0.4) is 0 Å². The lowest BCUT2D eigenvalue weighted by molar-refractivity contribution is 0.126. The monoisotopic (exact) mass is 312 g/mol. The average molecular weight is 312 g/mol. The second-order valence-electron chi connectivity index (χ2n) is 5.67. The van der Waals surface area contributed by atoms with E-state index in [0.717, 1.165) is 17.5 Å². The van der Waals surface area contributed by atoms with Crippen molar-refractivity contribution in [1.29, 1.82) is 0 Å². The Morgan fingerprint density at radius 1 is 1.17 bits per heavy atom. The van der Waals surface area contributed by atoms with Crippen LogP contribution in [-0.2, 0) is 13.0 Å². The number of aliphatic hydroxyl groups excluding tert-OH is 1.